The normalized spacial score (nSPS) is 13.1. The molecule has 12 heteroatoms. The number of aromatic nitrogens is 2. The number of fused-ring (bicyclic) bond motifs is 1. The van der Waals surface area contributed by atoms with E-state index in [4.69, 9.17) is 0 Å². The Morgan fingerprint density at radius 2 is 1.97 bits per heavy atom. The Hall–Kier alpha value is -3.80. The first-order chi connectivity index (χ1) is 16.9. The summed E-state index contributed by atoms with van der Waals surface area (Å²) >= 11 is 0. The van der Waals surface area contributed by atoms with Gasteiger partial charge in [-0.05, 0) is 38.5 Å². The summed E-state index contributed by atoms with van der Waals surface area (Å²) < 4.78 is 57.7. The molecule has 2 heterocycles. The molecule has 1 amide bonds. The van der Waals surface area contributed by atoms with Crippen molar-refractivity contribution in [2.45, 2.75) is 32.9 Å². The molecule has 0 aliphatic rings. The molecular formula is C24H25F4N5O3. The number of nitrogens with zero attached hydrogens (tertiary/aromatic N) is 5. The second-order valence-electron chi connectivity index (χ2n) is 8.09. The lowest BCUT2D eigenvalue weighted by Crippen LogP contribution is -2.34. The lowest BCUT2D eigenvalue weighted by molar-refractivity contribution is -0.146. The monoisotopic (exact) mass is 507 g/mol. The summed E-state index contributed by atoms with van der Waals surface area (Å²) in [5.74, 6) is -3.67. The van der Waals surface area contributed by atoms with Gasteiger partial charge in [-0.25, -0.2) is 14.4 Å². The smallest absolute Gasteiger partial charge is 0.388 e. The number of pyridine rings is 2. The van der Waals surface area contributed by atoms with Gasteiger partial charge in [0.2, 0.25) is 6.41 Å². The third-order valence-corrected chi connectivity index (χ3v) is 5.79. The van der Waals surface area contributed by atoms with Gasteiger partial charge in [-0.2, -0.15) is 18.3 Å². The first-order valence-electron chi connectivity index (χ1n) is 11.0. The Labute approximate surface area is 204 Å². The maximum Gasteiger partial charge on any atom is 0.395 e. The number of hydrogen-bond donors (Lipinski definition) is 1. The molecular weight excluding hydrogens is 482 g/mol. The van der Waals surface area contributed by atoms with Crippen LogP contribution in [0.3, 0.4) is 0 Å². The molecule has 1 aromatic carbocycles. The number of benzene rings is 1. The van der Waals surface area contributed by atoms with Crippen LogP contribution in [0.15, 0.2) is 46.4 Å². The van der Waals surface area contributed by atoms with E-state index in [9.17, 15) is 27.9 Å². The van der Waals surface area contributed by atoms with Gasteiger partial charge in [-0.15, -0.1) is 0 Å². The van der Waals surface area contributed by atoms with Gasteiger partial charge in [0.1, 0.15) is 6.61 Å². The predicted molar refractivity (Wildman–Crippen MR) is 128 cm³/mol. The van der Waals surface area contributed by atoms with Crippen LogP contribution in [0, 0.1) is 12.7 Å². The van der Waals surface area contributed by atoms with Crippen LogP contribution in [0.5, 0.6) is 0 Å². The molecule has 8 nitrogen and oxygen atoms in total. The quantitative estimate of drug-likeness (QED) is 0.173. The number of aryl methyl sites for hydroxylation is 1. The van der Waals surface area contributed by atoms with Gasteiger partial charge in [0.15, 0.2) is 17.5 Å². The van der Waals surface area contributed by atoms with Crippen LogP contribution in [0.2, 0.25) is 0 Å². The second kappa shape index (κ2) is 10.4. The standard InChI is InChI=1S/C24H25F4N5O3/c1-5-32(13-35)20(12-34)30-31(4)22-18(25)10-16-21(29-22)17(15(3)24(26,27)28)11-33(23(16)36)19-9-7-6-8-14(19)2/h6-11,13,15,34H,5,12H2,1-4H3/b30-20-. The van der Waals surface area contributed by atoms with Gasteiger partial charge in [-0.1, -0.05) is 18.2 Å². The van der Waals surface area contributed by atoms with Crippen molar-refractivity contribution in [3.8, 4) is 5.69 Å². The van der Waals surface area contributed by atoms with E-state index in [0.29, 0.717) is 17.7 Å². The van der Waals surface area contributed by atoms with Crippen molar-refractivity contribution < 1.29 is 27.5 Å². The highest BCUT2D eigenvalue weighted by molar-refractivity contribution is 5.92. The number of amides is 1. The zero-order valence-corrected chi connectivity index (χ0v) is 20.0. The van der Waals surface area contributed by atoms with E-state index in [-0.39, 0.29) is 28.8 Å². The van der Waals surface area contributed by atoms with Crippen LogP contribution in [0.1, 0.15) is 30.9 Å². The van der Waals surface area contributed by atoms with Crippen LogP contribution < -0.4 is 10.6 Å². The summed E-state index contributed by atoms with van der Waals surface area (Å²) in [5, 5.41) is 14.1. The van der Waals surface area contributed by atoms with Crippen molar-refractivity contribution in [1.29, 1.82) is 0 Å². The minimum atomic E-state index is -4.67. The van der Waals surface area contributed by atoms with Gasteiger partial charge in [0.25, 0.3) is 5.56 Å². The van der Waals surface area contributed by atoms with Gasteiger partial charge < -0.3 is 5.11 Å². The number of hydrogen-bond acceptors (Lipinski definition) is 6. The fraction of sp³-hybridized carbons (Fsp3) is 0.333. The second-order valence-corrected chi connectivity index (χ2v) is 8.09. The zero-order valence-electron chi connectivity index (χ0n) is 20.0. The maximum atomic E-state index is 15.2. The number of rotatable bonds is 7. The highest BCUT2D eigenvalue weighted by Gasteiger charge is 2.39. The first kappa shape index (κ1) is 26.8. The van der Waals surface area contributed by atoms with E-state index in [1.54, 1.807) is 38.1 Å². The van der Waals surface area contributed by atoms with E-state index in [1.165, 1.54) is 7.05 Å². The van der Waals surface area contributed by atoms with Gasteiger partial charge in [0.05, 0.1) is 22.5 Å². The molecule has 0 aliphatic heterocycles. The van der Waals surface area contributed by atoms with Crippen molar-refractivity contribution in [2.75, 3.05) is 25.2 Å². The number of amidine groups is 1. The van der Waals surface area contributed by atoms with Crippen LogP contribution in [-0.4, -0.2) is 58.2 Å². The minimum Gasteiger partial charge on any atom is -0.388 e. The fourth-order valence-corrected chi connectivity index (χ4v) is 3.70. The van der Waals surface area contributed by atoms with Gasteiger partial charge in [0, 0.05) is 25.4 Å². The molecule has 0 saturated heterocycles. The number of anilines is 1. The molecule has 0 fully saturated rings. The lowest BCUT2D eigenvalue weighted by atomic mass is 9.99. The van der Waals surface area contributed by atoms with E-state index >= 15 is 4.39 Å². The van der Waals surface area contributed by atoms with Crippen molar-refractivity contribution >= 4 is 29.0 Å². The van der Waals surface area contributed by atoms with E-state index in [0.717, 1.165) is 33.7 Å². The Kier molecular flexibility index (Phi) is 7.77. The number of hydrazone groups is 1. The molecule has 2 aromatic heterocycles. The van der Waals surface area contributed by atoms with E-state index in [1.807, 2.05) is 0 Å². The average molecular weight is 507 g/mol. The minimum absolute atomic E-state index is 0.129. The largest absolute Gasteiger partial charge is 0.395 e. The molecule has 3 aromatic rings. The molecule has 1 N–H and O–H groups in total. The Bertz CT molecular complexity index is 1370. The van der Waals surface area contributed by atoms with Crippen LogP contribution in [-0.2, 0) is 4.79 Å². The molecule has 36 heavy (non-hydrogen) atoms. The summed E-state index contributed by atoms with van der Waals surface area (Å²) in [5.41, 5.74) is -0.412. The third kappa shape index (κ3) is 5.08. The zero-order chi connectivity index (χ0) is 26.8. The molecule has 1 atom stereocenters. The van der Waals surface area contributed by atoms with Crippen LogP contribution in [0.25, 0.3) is 16.6 Å². The molecule has 0 bridgehead atoms. The Morgan fingerprint density at radius 1 is 1.31 bits per heavy atom. The number of halogens is 4. The first-order valence-corrected chi connectivity index (χ1v) is 11.0. The molecule has 3 rings (SSSR count). The Morgan fingerprint density at radius 3 is 2.53 bits per heavy atom. The van der Waals surface area contributed by atoms with Crippen LogP contribution >= 0.6 is 0 Å². The SMILES string of the molecule is CCN(C=O)/C(CO)=N\N(C)c1nc2c(C(C)C(F)(F)F)cn(-c3ccccc3C)c(=O)c2cc1F. The van der Waals surface area contributed by atoms with E-state index in [2.05, 4.69) is 10.1 Å². The molecule has 0 saturated carbocycles. The molecule has 0 radical (unpaired) electrons. The van der Waals surface area contributed by atoms with Gasteiger partial charge in [-0.3, -0.25) is 19.1 Å². The molecule has 0 aliphatic carbocycles. The number of likely N-dealkylation sites (N-methyl/N-ethyl adjacent to an activating group) is 1. The highest BCUT2D eigenvalue weighted by Crippen LogP contribution is 2.37. The number of aliphatic hydroxyl groups is 1. The third-order valence-electron chi connectivity index (χ3n) is 5.79. The van der Waals surface area contributed by atoms with Crippen molar-refractivity contribution in [1.82, 2.24) is 14.5 Å². The summed E-state index contributed by atoms with van der Waals surface area (Å²) in [7, 11) is 1.26. The summed E-state index contributed by atoms with van der Waals surface area (Å²) in [6.45, 7) is 3.75. The number of para-hydroxylation sites is 1. The summed E-state index contributed by atoms with van der Waals surface area (Å²) in [6, 6.07) is 7.46. The molecule has 0 spiro atoms. The summed E-state index contributed by atoms with van der Waals surface area (Å²) in [4.78, 5) is 29.6. The Balaban J connectivity index is 2.33. The summed E-state index contributed by atoms with van der Waals surface area (Å²) in [6.07, 6.45) is -3.17. The maximum absolute atomic E-state index is 15.2. The van der Waals surface area contributed by atoms with Crippen LogP contribution in [0.4, 0.5) is 23.4 Å². The predicted octanol–water partition coefficient (Wildman–Crippen LogP) is 3.72. The van der Waals surface area contributed by atoms with Gasteiger partial charge >= 0.3 is 6.18 Å². The molecule has 1 unspecified atom stereocenters. The average Bonchev–Trinajstić information content (AvgIpc) is 2.83. The number of carbonyl (C=O) groups is 1. The number of carbonyl (C=O) groups excluding carboxylic acids is 1. The fourth-order valence-electron chi connectivity index (χ4n) is 3.70. The van der Waals surface area contributed by atoms with Crippen molar-refractivity contribution in [3.63, 3.8) is 0 Å². The lowest BCUT2D eigenvalue weighted by Gasteiger charge is -2.22. The number of aliphatic hydroxyl groups excluding tert-OH is 1. The van der Waals surface area contributed by atoms with E-state index < -0.39 is 35.9 Å². The number of alkyl halides is 3. The van der Waals surface area contributed by atoms with Crippen molar-refractivity contribution in [3.05, 3.63) is 63.8 Å². The van der Waals surface area contributed by atoms with Crippen molar-refractivity contribution in [2.24, 2.45) is 5.10 Å². The topological polar surface area (TPSA) is 91.0 Å². The molecule has 192 valence electrons. The highest BCUT2D eigenvalue weighted by atomic mass is 19.4.